The Morgan fingerprint density at radius 3 is 2.00 bits per heavy atom. The van der Waals surface area contributed by atoms with Crippen molar-refractivity contribution in [3.05, 3.63) is 12.2 Å². The SMILES string of the molecule is CCCCCC(/C=C/[C@H]1C(O[Si](C)(C)C)CC(O[Si](C)(C)C)[C@@H]1CC(CCCCC(=O)OC)NOC)O[Si](C)(C)C. The van der Waals surface area contributed by atoms with E-state index in [2.05, 4.69) is 83.5 Å². The number of nitrogens with one attached hydrogen (secondary N) is 1. The van der Waals surface area contributed by atoms with Crippen LogP contribution in [0.1, 0.15) is 71.1 Å². The van der Waals surface area contributed by atoms with Gasteiger partial charge in [-0.1, -0.05) is 44.8 Å². The van der Waals surface area contributed by atoms with E-state index in [-0.39, 0.29) is 36.2 Å². The third-order valence-electron chi connectivity index (χ3n) is 7.27. The monoisotopic (exact) mass is 631 g/mol. The highest BCUT2D eigenvalue weighted by Crippen LogP contribution is 2.43. The third-order valence-corrected chi connectivity index (χ3v) is 10.3. The van der Waals surface area contributed by atoms with Gasteiger partial charge in [-0.25, -0.2) is 0 Å². The van der Waals surface area contributed by atoms with Crippen LogP contribution in [0.4, 0.5) is 0 Å². The van der Waals surface area contributed by atoms with Gasteiger partial charge < -0.3 is 22.9 Å². The van der Waals surface area contributed by atoms with Gasteiger partial charge in [0, 0.05) is 18.4 Å². The Bertz CT molecular complexity index is 762. The highest BCUT2D eigenvalue weighted by molar-refractivity contribution is 6.70. The van der Waals surface area contributed by atoms with Crippen LogP contribution < -0.4 is 5.48 Å². The maximum atomic E-state index is 11.6. The minimum Gasteiger partial charge on any atom is -0.469 e. The molecule has 7 nitrogen and oxygen atoms in total. The summed E-state index contributed by atoms with van der Waals surface area (Å²) < 4.78 is 25.3. The van der Waals surface area contributed by atoms with Crippen LogP contribution in [-0.2, 0) is 27.6 Å². The van der Waals surface area contributed by atoms with Crippen LogP contribution in [-0.4, -0.2) is 69.5 Å². The van der Waals surface area contributed by atoms with E-state index < -0.39 is 25.0 Å². The molecule has 6 atom stereocenters. The molecule has 41 heavy (non-hydrogen) atoms. The van der Waals surface area contributed by atoms with Gasteiger partial charge >= 0.3 is 5.97 Å². The predicted molar refractivity (Wildman–Crippen MR) is 179 cm³/mol. The van der Waals surface area contributed by atoms with E-state index in [1.807, 2.05) is 0 Å². The molecular weight excluding hydrogens is 567 g/mol. The summed E-state index contributed by atoms with van der Waals surface area (Å²) in [4.78, 5) is 17.1. The van der Waals surface area contributed by atoms with Crippen molar-refractivity contribution in [3.63, 3.8) is 0 Å². The van der Waals surface area contributed by atoms with Crippen LogP contribution >= 0.6 is 0 Å². The van der Waals surface area contributed by atoms with E-state index in [1.165, 1.54) is 26.4 Å². The van der Waals surface area contributed by atoms with Crippen LogP contribution in [0.15, 0.2) is 12.2 Å². The van der Waals surface area contributed by atoms with Gasteiger partial charge in [0.2, 0.25) is 0 Å². The highest BCUT2D eigenvalue weighted by atomic mass is 28.4. The van der Waals surface area contributed by atoms with Crippen LogP contribution in [0.3, 0.4) is 0 Å². The number of methoxy groups -OCH3 is 1. The van der Waals surface area contributed by atoms with Crippen LogP contribution in [0.25, 0.3) is 0 Å². The van der Waals surface area contributed by atoms with Gasteiger partial charge in [-0.3, -0.25) is 4.79 Å². The molecule has 242 valence electrons. The lowest BCUT2D eigenvalue weighted by Crippen LogP contribution is -2.39. The lowest BCUT2D eigenvalue weighted by Gasteiger charge is -2.33. The molecule has 0 amide bonds. The first-order chi connectivity index (χ1) is 19.0. The van der Waals surface area contributed by atoms with Gasteiger partial charge in [-0.2, -0.15) is 5.48 Å². The average Bonchev–Trinajstić information content (AvgIpc) is 3.11. The summed E-state index contributed by atoms with van der Waals surface area (Å²) >= 11 is 0. The van der Waals surface area contributed by atoms with E-state index in [0.717, 1.165) is 38.5 Å². The van der Waals surface area contributed by atoms with Crippen molar-refractivity contribution >= 4 is 30.9 Å². The first-order valence-corrected chi connectivity index (χ1v) is 26.3. The Morgan fingerprint density at radius 2 is 1.46 bits per heavy atom. The lowest BCUT2D eigenvalue weighted by atomic mass is 9.86. The van der Waals surface area contributed by atoms with Crippen molar-refractivity contribution in [2.75, 3.05) is 14.2 Å². The van der Waals surface area contributed by atoms with Crippen molar-refractivity contribution < 1.29 is 27.6 Å². The molecule has 1 N–H and O–H groups in total. The topological polar surface area (TPSA) is 75.3 Å². The summed E-state index contributed by atoms with van der Waals surface area (Å²) in [5, 5.41) is 0. The first kappa shape index (κ1) is 38.7. The molecule has 0 radical (unpaired) electrons. The number of carbonyl (C=O) groups excluding carboxylic acids is 1. The molecule has 1 aliphatic rings. The minimum absolute atomic E-state index is 0.134. The number of carbonyl (C=O) groups is 1. The zero-order chi connectivity index (χ0) is 31.3. The van der Waals surface area contributed by atoms with Crippen LogP contribution in [0, 0.1) is 11.8 Å². The number of esters is 1. The Labute approximate surface area is 256 Å². The predicted octanol–water partition coefficient (Wildman–Crippen LogP) is 8.06. The number of unbranched alkanes of at least 4 members (excludes halogenated alkanes) is 3. The normalized spacial score (nSPS) is 23.7. The fraction of sp³-hybridized carbons (Fsp3) is 0.903. The second-order valence-corrected chi connectivity index (χ2v) is 28.1. The van der Waals surface area contributed by atoms with Gasteiger partial charge in [-0.15, -0.1) is 0 Å². The summed E-state index contributed by atoms with van der Waals surface area (Å²) in [5.41, 5.74) is 3.27. The molecule has 0 bridgehead atoms. The fourth-order valence-corrected chi connectivity index (χ4v) is 9.25. The summed E-state index contributed by atoms with van der Waals surface area (Å²) in [6.45, 7) is 22.8. The number of hydrogen-bond donors (Lipinski definition) is 1. The minimum atomic E-state index is -1.79. The Hall–Kier alpha value is -0.339. The summed E-state index contributed by atoms with van der Waals surface area (Å²) in [5.74, 6) is 0.403. The second kappa shape index (κ2) is 18.5. The maximum absolute atomic E-state index is 11.6. The Kier molecular flexibility index (Phi) is 17.4. The van der Waals surface area contributed by atoms with E-state index in [9.17, 15) is 4.79 Å². The number of ether oxygens (including phenoxy) is 1. The lowest BCUT2D eigenvalue weighted by molar-refractivity contribution is -0.140. The van der Waals surface area contributed by atoms with E-state index in [0.29, 0.717) is 12.3 Å². The molecule has 1 aliphatic carbocycles. The standard InChI is InChI=1S/C31H65NO6Si3/c1-13-14-15-19-26(36-39(4,5)6)21-22-27-28(23-25(32-35-3)18-16-17-20-31(33)34-2)30(38-41(10,11)12)24-29(27)37-40(7,8)9/h21-22,25-30,32H,13-20,23-24H2,1-12H3/b22-21+/t25?,26?,27-,28-,29?,30?/m1/s1. The van der Waals surface area contributed by atoms with Gasteiger partial charge in [0.1, 0.15) is 0 Å². The average molecular weight is 632 g/mol. The molecule has 0 spiro atoms. The zero-order valence-corrected chi connectivity index (χ0v) is 31.6. The largest absolute Gasteiger partial charge is 0.469 e. The van der Waals surface area contributed by atoms with Crippen molar-refractivity contribution in [2.45, 2.75) is 154 Å². The zero-order valence-electron chi connectivity index (χ0n) is 28.6. The van der Waals surface area contributed by atoms with Crippen molar-refractivity contribution in [1.29, 1.82) is 0 Å². The van der Waals surface area contributed by atoms with E-state index in [4.69, 9.17) is 22.9 Å². The van der Waals surface area contributed by atoms with Gasteiger partial charge in [-0.05, 0) is 96.9 Å². The molecule has 0 aromatic carbocycles. The third kappa shape index (κ3) is 17.5. The molecule has 0 aliphatic heterocycles. The summed E-state index contributed by atoms with van der Waals surface area (Å²) in [7, 11) is -2.13. The van der Waals surface area contributed by atoms with E-state index in [1.54, 1.807) is 7.11 Å². The van der Waals surface area contributed by atoms with Crippen LogP contribution in [0.5, 0.6) is 0 Å². The molecule has 0 aromatic heterocycles. The molecule has 1 saturated carbocycles. The van der Waals surface area contributed by atoms with Crippen LogP contribution in [0.2, 0.25) is 58.9 Å². The number of hydroxylamine groups is 1. The summed E-state index contributed by atoms with van der Waals surface area (Å²) in [6, 6.07) is 0.162. The Balaban J connectivity index is 3.32. The molecule has 4 unspecified atom stereocenters. The molecule has 0 saturated heterocycles. The smallest absolute Gasteiger partial charge is 0.305 e. The Morgan fingerprint density at radius 1 is 0.854 bits per heavy atom. The van der Waals surface area contributed by atoms with E-state index >= 15 is 0 Å². The molecule has 0 aromatic rings. The molecule has 1 rings (SSSR count). The molecular formula is C31H65NO6Si3. The number of rotatable bonds is 21. The second-order valence-electron chi connectivity index (χ2n) is 14.7. The maximum Gasteiger partial charge on any atom is 0.305 e. The molecule has 1 fully saturated rings. The fourth-order valence-electron chi connectivity index (χ4n) is 5.81. The van der Waals surface area contributed by atoms with Crippen molar-refractivity contribution in [3.8, 4) is 0 Å². The molecule has 10 heteroatoms. The quantitative estimate of drug-likeness (QED) is 0.0451. The van der Waals surface area contributed by atoms with Crippen molar-refractivity contribution in [2.24, 2.45) is 11.8 Å². The number of hydrogen-bond acceptors (Lipinski definition) is 7. The van der Waals surface area contributed by atoms with Gasteiger partial charge in [0.05, 0.1) is 32.5 Å². The first-order valence-electron chi connectivity index (χ1n) is 16.0. The highest BCUT2D eigenvalue weighted by Gasteiger charge is 2.46. The van der Waals surface area contributed by atoms with Gasteiger partial charge in [0.15, 0.2) is 25.0 Å². The van der Waals surface area contributed by atoms with Gasteiger partial charge in [0.25, 0.3) is 0 Å². The molecule has 0 heterocycles. The van der Waals surface area contributed by atoms with Crippen molar-refractivity contribution in [1.82, 2.24) is 5.48 Å². The summed E-state index contributed by atoms with van der Waals surface area (Å²) in [6.07, 6.45) is 14.9.